The van der Waals surface area contributed by atoms with E-state index in [1.54, 1.807) is 24.3 Å². The number of nitrogens with zero attached hydrogens (tertiary/aromatic N) is 3. The molecule has 0 unspecified atom stereocenters. The fourth-order valence-electron chi connectivity index (χ4n) is 4.70. The minimum Gasteiger partial charge on any atom is -0.316 e. The third-order valence-electron chi connectivity index (χ3n) is 6.58. The number of nitrogens with one attached hydrogen (secondary N) is 2. The number of hydrogen-bond donors (Lipinski definition) is 2. The lowest BCUT2D eigenvalue weighted by atomic mass is 9.77. The van der Waals surface area contributed by atoms with Gasteiger partial charge in [-0.3, -0.25) is 4.79 Å². The zero-order chi connectivity index (χ0) is 23.2. The minimum atomic E-state index is -0.645. The van der Waals surface area contributed by atoms with Crippen LogP contribution in [0, 0.1) is 28.5 Å². The smallest absolute Gasteiger partial charge is 0.316 e. The van der Waals surface area contributed by atoms with Crippen LogP contribution in [-0.4, -0.2) is 33.6 Å². The zero-order valence-corrected chi connectivity index (χ0v) is 18.5. The number of halogens is 2. The van der Waals surface area contributed by atoms with Crippen LogP contribution in [0.4, 0.5) is 4.39 Å². The van der Waals surface area contributed by atoms with Gasteiger partial charge in [-0.1, -0.05) is 29.8 Å². The van der Waals surface area contributed by atoms with Crippen molar-refractivity contribution in [3.63, 3.8) is 0 Å². The van der Waals surface area contributed by atoms with Crippen LogP contribution in [0.5, 0.6) is 0 Å². The lowest BCUT2D eigenvalue weighted by Crippen LogP contribution is -2.38. The predicted octanol–water partition coefficient (Wildman–Crippen LogP) is 3.39. The van der Waals surface area contributed by atoms with Crippen molar-refractivity contribution < 1.29 is 9.18 Å². The molecule has 2 N–H and O–H groups in total. The van der Waals surface area contributed by atoms with Crippen molar-refractivity contribution in [1.29, 1.82) is 5.26 Å². The van der Waals surface area contributed by atoms with Crippen LogP contribution in [0.25, 0.3) is 16.8 Å². The van der Waals surface area contributed by atoms with E-state index in [1.807, 2.05) is 6.07 Å². The molecule has 1 aliphatic heterocycles. The normalized spacial score (nSPS) is 20.0. The molecule has 1 saturated heterocycles. The molecule has 33 heavy (non-hydrogen) atoms. The molecule has 1 atom stereocenters. The largest absolute Gasteiger partial charge is 0.348 e. The van der Waals surface area contributed by atoms with E-state index < -0.39 is 16.9 Å². The third kappa shape index (κ3) is 3.77. The van der Waals surface area contributed by atoms with Gasteiger partial charge < -0.3 is 5.32 Å². The lowest BCUT2D eigenvalue weighted by molar-refractivity contribution is -0.129. The van der Waals surface area contributed by atoms with E-state index in [9.17, 15) is 14.9 Å². The van der Waals surface area contributed by atoms with Crippen molar-refractivity contribution in [1.82, 2.24) is 20.1 Å². The molecule has 5 rings (SSSR count). The number of rotatable bonds is 6. The summed E-state index contributed by atoms with van der Waals surface area (Å²) >= 11 is 6.11. The fourth-order valence-corrected chi connectivity index (χ4v) is 4.92. The summed E-state index contributed by atoms with van der Waals surface area (Å²) in [5.74, 6) is -0.0413. The molecule has 0 radical (unpaired) electrons. The topological polar surface area (TPSA) is 104 Å². The zero-order valence-electron chi connectivity index (χ0n) is 17.7. The van der Waals surface area contributed by atoms with Crippen LogP contribution in [0.2, 0.25) is 5.02 Å². The van der Waals surface area contributed by atoms with Crippen molar-refractivity contribution in [2.75, 3.05) is 13.1 Å². The first-order valence-corrected chi connectivity index (χ1v) is 11.2. The lowest BCUT2D eigenvalue weighted by Gasteiger charge is -2.26. The van der Waals surface area contributed by atoms with Gasteiger partial charge in [0.2, 0.25) is 0 Å². The second kappa shape index (κ2) is 8.25. The predicted molar refractivity (Wildman–Crippen MR) is 121 cm³/mol. The third-order valence-corrected chi connectivity index (χ3v) is 6.89. The number of benzene rings is 2. The number of carbonyl (C=O) groups is 1. The highest BCUT2D eigenvalue weighted by molar-refractivity contribution is 6.32. The summed E-state index contributed by atoms with van der Waals surface area (Å²) in [7, 11) is 0. The Balaban J connectivity index is 1.53. The van der Waals surface area contributed by atoms with Gasteiger partial charge in [0.1, 0.15) is 23.5 Å². The van der Waals surface area contributed by atoms with Gasteiger partial charge in [0.25, 0.3) is 0 Å². The number of aromatic nitrogens is 3. The highest BCUT2D eigenvalue weighted by atomic mass is 35.5. The molecule has 2 aliphatic rings. The maximum Gasteiger partial charge on any atom is 0.348 e. The monoisotopic (exact) mass is 465 g/mol. The Bertz CT molecular complexity index is 1350. The van der Waals surface area contributed by atoms with E-state index in [0.717, 1.165) is 19.4 Å². The SMILES string of the molecule is N#Cc1c(Cl)cccc1-c1ccc(-n2c(C[C@@]3(C(=O)C4CC4)CCNC3)n[nH]c2=O)c(F)c1. The molecule has 0 amide bonds. The summed E-state index contributed by atoms with van der Waals surface area (Å²) in [6.07, 6.45) is 2.72. The maximum absolute atomic E-state index is 15.3. The summed E-state index contributed by atoms with van der Waals surface area (Å²) < 4.78 is 16.5. The van der Waals surface area contributed by atoms with Gasteiger partial charge in [-0.25, -0.2) is 18.9 Å². The Kier molecular flexibility index (Phi) is 5.39. The Morgan fingerprint density at radius 1 is 1.33 bits per heavy atom. The first-order valence-electron chi connectivity index (χ1n) is 10.8. The Morgan fingerprint density at radius 3 is 2.82 bits per heavy atom. The average Bonchev–Trinajstić information content (AvgIpc) is 3.45. The molecule has 0 spiro atoms. The number of ketones is 1. The molecule has 168 valence electrons. The number of H-pyrrole nitrogens is 1. The van der Waals surface area contributed by atoms with Gasteiger partial charge in [0.15, 0.2) is 0 Å². The molecular formula is C24H21ClFN5O2. The second-order valence-corrected chi connectivity index (χ2v) is 9.15. The molecule has 2 heterocycles. The number of Topliss-reactive ketones (excluding diaryl/α,β-unsaturated/α-hetero) is 1. The standard InChI is InChI=1S/C24H21ClFN5O2/c25-18-3-1-2-16(17(18)12-27)15-6-7-20(19(26)10-15)31-21(29-30-23(31)33)11-24(8-9-28-13-24)22(32)14-4-5-14/h1-3,6-7,10,14,28H,4-5,8-9,11,13H2,(H,30,33)/t24-/m0/s1. The van der Waals surface area contributed by atoms with E-state index in [2.05, 4.69) is 15.5 Å². The minimum absolute atomic E-state index is 0.0352. The van der Waals surface area contributed by atoms with Crippen molar-refractivity contribution in [2.45, 2.75) is 25.7 Å². The fraction of sp³-hybridized carbons (Fsp3) is 0.333. The van der Waals surface area contributed by atoms with Gasteiger partial charge in [-0.15, -0.1) is 0 Å². The van der Waals surface area contributed by atoms with Crippen LogP contribution >= 0.6 is 11.6 Å². The number of aromatic amines is 1. The molecule has 2 fully saturated rings. The highest BCUT2D eigenvalue weighted by Crippen LogP contribution is 2.42. The van der Waals surface area contributed by atoms with E-state index in [0.29, 0.717) is 29.9 Å². The molecule has 3 aromatic rings. The molecule has 1 saturated carbocycles. The number of carbonyl (C=O) groups excluding carboxylic acids is 1. The second-order valence-electron chi connectivity index (χ2n) is 8.74. The van der Waals surface area contributed by atoms with Crippen molar-refractivity contribution in [3.8, 4) is 22.9 Å². The van der Waals surface area contributed by atoms with Crippen LogP contribution in [0.15, 0.2) is 41.2 Å². The van der Waals surface area contributed by atoms with Crippen molar-refractivity contribution in [2.24, 2.45) is 11.3 Å². The van der Waals surface area contributed by atoms with Crippen molar-refractivity contribution in [3.05, 3.63) is 69.1 Å². The van der Waals surface area contributed by atoms with E-state index >= 15 is 4.39 Å². The molecule has 9 heteroatoms. The average molecular weight is 466 g/mol. The Labute approximate surface area is 194 Å². The Hall–Kier alpha value is -3.28. The van der Waals surface area contributed by atoms with Gasteiger partial charge in [-0.05, 0) is 49.6 Å². The van der Waals surface area contributed by atoms with Crippen molar-refractivity contribution >= 4 is 17.4 Å². The van der Waals surface area contributed by atoms with Gasteiger partial charge in [0.05, 0.1) is 16.3 Å². The van der Waals surface area contributed by atoms with Crippen LogP contribution in [0.1, 0.15) is 30.7 Å². The molecule has 1 aliphatic carbocycles. The van der Waals surface area contributed by atoms with Gasteiger partial charge in [0, 0.05) is 29.9 Å². The number of hydrogen-bond acceptors (Lipinski definition) is 5. The molecule has 1 aromatic heterocycles. The van der Waals surface area contributed by atoms with E-state index in [-0.39, 0.29) is 34.4 Å². The molecular weight excluding hydrogens is 445 g/mol. The first-order chi connectivity index (χ1) is 15.9. The summed E-state index contributed by atoms with van der Waals surface area (Å²) in [6.45, 7) is 1.24. The summed E-state index contributed by atoms with van der Waals surface area (Å²) in [5, 5.41) is 19.5. The van der Waals surface area contributed by atoms with E-state index in [4.69, 9.17) is 11.6 Å². The molecule has 2 aromatic carbocycles. The molecule has 0 bridgehead atoms. The van der Waals surface area contributed by atoms with E-state index in [1.165, 1.54) is 16.7 Å². The first kappa shape index (κ1) is 21.6. The van der Waals surface area contributed by atoms with Gasteiger partial charge >= 0.3 is 5.69 Å². The summed E-state index contributed by atoms with van der Waals surface area (Å²) in [6, 6.07) is 11.4. The maximum atomic E-state index is 15.3. The Morgan fingerprint density at radius 2 is 2.15 bits per heavy atom. The molecule has 7 nitrogen and oxygen atoms in total. The highest BCUT2D eigenvalue weighted by Gasteiger charge is 2.48. The number of nitriles is 1. The van der Waals surface area contributed by atoms with Crippen LogP contribution in [0.3, 0.4) is 0 Å². The quantitative estimate of drug-likeness (QED) is 0.580. The van der Waals surface area contributed by atoms with Crippen LogP contribution in [-0.2, 0) is 11.2 Å². The summed E-state index contributed by atoms with van der Waals surface area (Å²) in [4.78, 5) is 25.7. The summed E-state index contributed by atoms with van der Waals surface area (Å²) in [5.41, 5.74) is 0.0468. The van der Waals surface area contributed by atoms with Gasteiger partial charge in [-0.2, -0.15) is 10.4 Å². The van der Waals surface area contributed by atoms with Crippen LogP contribution < -0.4 is 11.0 Å².